The van der Waals surface area contributed by atoms with Crippen molar-refractivity contribution >= 4 is 21.6 Å². The van der Waals surface area contributed by atoms with Crippen molar-refractivity contribution in [2.75, 3.05) is 6.54 Å². The number of nitrogens with zero attached hydrogens (tertiary/aromatic N) is 5. The molecule has 1 aliphatic heterocycles. The molecule has 1 fully saturated rings. The number of ether oxygens (including phenoxy) is 1. The number of aromatic nitrogens is 4. The van der Waals surface area contributed by atoms with E-state index in [1.807, 2.05) is 6.92 Å². The minimum Gasteiger partial charge on any atom is -0.481 e. The van der Waals surface area contributed by atoms with Crippen LogP contribution in [-0.2, 0) is 27.5 Å². The van der Waals surface area contributed by atoms with Crippen molar-refractivity contribution in [3.05, 3.63) is 81.9 Å². The standard InChI is InChI=1S/C31H32F3N5O5S/c1-17-12-23-26(35-14-17)44-30(9-10-30)16-38(45(23,42)43)15-21-13-20(7-6-18(21)2)24(29(4,5)28(40)41)22-8-11-39-25(19(22)3)36-37-27(39)31(32,33)34/h6-8,11-14,24H,9-10,15-16H2,1-5H3,(H,40,41)/t24-/m1/s1. The number of alkyl halides is 3. The molecule has 45 heavy (non-hydrogen) atoms. The molecule has 0 bridgehead atoms. The van der Waals surface area contributed by atoms with Crippen LogP contribution in [0.15, 0.2) is 47.6 Å². The second kappa shape index (κ2) is 10.2. The van der Waals surface area contributed by atoms with Crippen molar-refractivity contribution in [3.8, 4) is 5.88 Å². The van der Waals surface area contributed by atoms with Crippen LogP contribution in [0.4, 0.5) is 13.2 Å². The van der Waals surface area contributed by atoms with Crippen LogP contribution in [0.25, 0.3) is 5.65 Å². The van der Waals surface area contributed by atoms with Gasteiger partial charge in [0.2, 0.25) is 21.7 Å². The number of rotatable bonds is 6. The van der Waals surface area contributed by atoms with Gasteiger partial charge in [0.05, 0.1) is 12.0 Å². The number of carbonyl (C=O) groups is 1. The lowest BCUT2D eigenvalue weighted by atomic mass is 9.70. The molecule has 14 heteroatoms. The number of carboxylic acids is 1. The van der Waals surface area contributed by atoms with E-state index in [9.17, 15) is 31.5 Å². The van der Waals surface area contributed by atoms with Crippen molar-refractivity contribution in [1.29, 1.82) is 0 Å². The lowest BCUT2D eigenvalue weighted by Gasteiger charge is -2.33. The number of hydrogen-bond donors (Lipinski definition) is 1. The highest BCUT2D eigenvalue weighted by Crippen LogP contribution is 2.47. The van der Waals surface area contributed by atoms with E-state index in [1.54, 1.807) is 58.2 Å². The zero-order valence-electron chi connectivity index (χ0n) is 25.3. The van der Waals surface area contributed by atoms with Gasteiger partial charge in [-0.25, -0.2) is 13.4 Å². The fraction of sp³-hybridized carbons (Fsp3) is 0.419. The van der Waals surface area contributed by atoms with Crippen LogP contribution in [0.1, 0.15) is 71.8 Å². The van der Waals surface area contributed by atoms with E-state index >= 15 is 0 Å². The second-order valence-electron chi connectivity index (χ2n) is 12.6. The third-order valence-corrected chi connectivity index (χ3v) is 10.7. The number of carboxylic acid groups (broad SMARTS) is 1. The molecule has 3 aromatic heterocycles. The molecule has 1 aromatic carbocycles. The number of sulfonamides is 1. The van der Waals surface area contributed by atoms with Gasteiger partial charge in [-0.15, -0.1) is 10.2 Å². The zero-order chi connectivity index (χ0) is 32.7. The SMILES string of the molecule is Cc1cnc2c(c1)S(=O)(=O)N(Cc1cc([C@H](c3ccn4c(C(F)(F)F)nnc4c3C)C(C)(C)C(=O)O)ccc1C)CC1(CC1)O2. The largest absolute Gasteiger partial charge is 0.481 e. The van der Waals surface area contributed by atoms with Gasteiger partial charge >= 0.3 is 12.1 Å². The number of benzene rings is 1. The Kier molecular flexibility index (Phi) is 7.05. The van der Waals surface area contributed by atoms with Gasteiger partial charge in [0.25, 0.3) is 0 Å². The number of fused-ring (bicyclic) bond motifs is 2. The van der Waals surface area contributed by atoms with Gasteiger partial charge < -0.3 is 9.84 Å². The van der Waals surface area contributed by atoms with Gasteiger partial charge in [0.15, 0.2) is 5.65 Å². The monoisotopic (exact) mass is 643 g/mol. The maximum absolute atomic E-state index is 14.0. The Morgan fingerprint density at radius 1 is 1.11 bits per heavy atom. The van der Waals surface area contributed by atoms with Crippen LogP contribution in [0.5, 0.6) is 5.88 Å². The van der Waals surface area contributed by atoms with E-state index in [0.29, 0.717) is 40.7 Å². The Morgan fingerprint density at radius 2 is 1.82 bits per heavy atom. The molecule has 6 rings (SSSR count). The predicted molar refractivity (Wildman–Crippen MR) is 156 cm³/mol. The van der Waals surface area contributed by atoms with Crippen LogP contribution < -0.4 is 4.74 Å². The van der Waals surface area contributed by atoms with E-state index in [1.165, 1.54) is 16.6 Å². The lowest BCUT2D eigenvalue weighted by molar-refractivity contribution is -0.147. The van der Waals surface area contributed by atoms with E-state index in [-0.39, 0.29) is 29.5 Å². The van der Waals surface area contributed by atoms with E-state index in [2.05, 4.69) is 15.2 Å². The zero-order valence-corrected chi connectivity index (χ0v) is 26.1. The Morgan fingerprint density at radius 3 is 2.47 bits per heavy atom. The molecule has 238 valence electrons. The predicted octanol–water partition coefficient (Wildman–Crippen LogP) is 5.43. The summed E-state index contributed by atoms with van der Waals surface area (Å²) in [5.74, 6) is -3.05. The summed E-state index contributed by atoms with van der Waals surface area (Å²) in [5, 5.41) is 17.4. The summed E-state index contributed by atoms with van der Waals surface area (Å²) in [6, 6.07) is 8.38. The summed E-state index contributed by atoms with van der Waals surface area (Å²) < 4.78 is 77.0. The van der Waals surface area contributed by atoms with Crippen molar-refractivity contribution in [2.45, 2.75) is 76.6 Å². The highest BCUT2D eigenvalue weighted by Gasteiger charge is 2.52. The van der Waals surface area contributed by atoms with Crippen LogP contribution >= 0.6 is 0 Å². The molecule has 1 spiro atoms. The van der Waals surface area contributed by atoms with Gasteiger partial charge in [-0.1, -0.05) is 18.2 Å². The van der Waals surface area contributed by atoms with E-state index < -0.39 is 44.9 Å². The Hall–Kier alpha value is -4.04. The highest BCUT2D eigenvalue weighted by atomic mass is 32.2. The minimum atomic E-state index is -4.73. The molecule has 0 unspecified atom stereocenters. The molecule has 1 atom stereocenters. The molecule has 10 nitrogen and oxygen atoms in total. The first-order chi connectivity index (χ1) is 20.9. The van der Waals surface area contributed by atoms with Crippen molar-refractivity contribution in [3.63, 3.8) is 0 Å². The van der Waals surface area contributed by atoms with Gasteiger partial charge in [0, 0.05) is 24.9 Å². The van der Waals surface area contributed by atoms with Crippen LogP contribution in [0, 0.1) is 26.2 Å². The molecule has 0 saturated heterocycles. The van der Waals surface area contributed by atoms with Crippen LogP contribution in [0.2, 0.25) is 0 Å². The number of halogens is 3. The second-order valence-corrected chi connectivity index (χ2v) is 14.5. The molecular weight excluding hydrogens is 611 g/mol. The van der Waals surface area contributed by atoms with Crippen LogP contribution in [-0.4, -0.2) is 55.5 Å². The average Bonchev–Trinajstić information content (AvgIpc) is 3.56. The fourth-order valence-electron chi connectivity index (χ4n) is 6.06. The Labute approximate surface area is 257 Å². The van der Waals surface area contributed by atoms with E-state index in [4.69, 9.17) is 4.74 Å². The van der Waals surface area contributed by atoms with Gasteiger partial charge in [0.1, 0.15) is 10.5 Å². The maximum atomic E-state index is 14.0. The van der Waals surface area contributed by atoms with Crippen molar-refractivity contribution < 1.29 is 36.2 Å². The third kappa shape index (κ3) is 5.23. The normalized spacial score (nSPS) is 18.3. The fourth-order valence-corrected chi connectivity index (χ4v) is 7.70. The topological polar surface area (TPSA) is 127 Å². The first-order valence-electron chi connectivity index (χ1n) is 14.3. The molecule has 1 aliphatic carbocycles. The maximum Gasteiger partial charge on any atom is 0.452 e. The van der Waals surface area contributed by atoms with Gasteiger partial charge in [-0.2, -0.15) is 17.5 Å². The first kappa shape index (κ1) is 31.0. The molecule has 4 aromatic rings. The molecule has 1 saturated carbocycles. The number of aryl methyl sites for hydroxylation is 3. The third-order valence-electron chi connectivity index (χ3n) is 8.92. The Balaban J connectivity index is 1.46. The molecule has 4 heterocycles. The molecule has 1 N–H and O–H groups in total. The summed E-state index contributed by atoms with van der Waals surface area (Å²) >= 11 is 0. The molecule has 0 radical (unpaired) electrons. The van der Waals surface area contributed by atoms with Gasteiger partial charge in [-0.05, 0) is 93.0 Å². The average molecular weight is 644 g/mol. The quantitative estimate of drug-likeness (QED) is 0.295. The van der Waals surface area contributed by atoms with Crippen molar-refractivity contribution in [1.82, 2.24) is 23.9 Å². The summed E-state index contributed by atoms with van der Waals surface area (Å²) in [6.07, 6.45) is -0.593. The number of hydrogen-bond acceptors (Lipinski definition) is 7. The number of pyridine rings is 2. The smallest absolute Gasteiger partial charge is 0.452 e. The summed E-state index contributed by atoms with van der Waals surface area (Å²) in [5.41, 5.74) is 1.37. The summed E-state index contributed by atoms with van der Waals surface area (Å²) in [6.45, 7) is 8.41. The first-order valence-corrected chi connectivity index (χ1v) is 15.8. The minimum absolute atomic E-state index is 0.000399. The summed E-state index contributed by atoms with van der Waals surface area (Å²) in [7, 11) is -4.01. The van der Waals surface area contributed by atoms with Crippen LogP contribution in [0.3, 0.4) is 0 Å². The van der Waals surface area contributed by atoms with Crippen molar-refractivity contribution in [2.24, 2.45) is 5.41 Å². The lowest BCUT2D eigenvalue weighted by Crippen LogP contribution is -2.38. The summed E-state index contributed by atoms with van der Waals surface area (Å²) in [4.78, 5) is 16.9. The molecule has 2 aliphatic rings. The van der Waals surface area contributed by atoms with Gasteiger partial charge in [-0.3, -0.25) is 9.20 Å². The molecule has 0 amide bonds. The van der Waals surface area contributed by atoms with E-state index in [0.717, 1.165) is 9.96 Å². The highest BCUT2D eigenvalue weighted by molar-refractivity contribution is 7.89. The number of aliphatic carboxylic acids is 1. The Bertz CT molecular complexity index is 1970. The molecular formula is C31H32F3N5O5S.